The van der Waals surface area contributed by atoms with Crippen molar-refractivity contribution < 1.29 is 0 Å². The van der Waals surface area contributed by atoms with Crippen LogP contribution in [0.15, 0.2) is 84.9 Å². The van der Waals surface area contributed by atoms with Crippen LogP contribution < -0.4 is 16.6 Å². The van der Waals surface area contributed by atoms with Crippen LogP contribution in [-0.2, 0) is 0 Å². The molecule has 0 aromatic heterocycles. The van der Waals surface area contributed by atoms with Crippen molar-refractivity contribution in [1.82, 2.24) is 5.43 Å². The summed E-state index contributed by atoms with van der Waals surface area (Å²) in [4.78, 5) is 0. The fourth-order valence-corrected chi connectivity index (χ4v) is 2.10. The third kappa shape index (κ3) is 4.74. The first-order valence-corrected chi connectivity index (χ1v) is 7.18. The fraction of sp³-hybridized carbons (Fsp3) is 0.0526. The van der Waals surface area contributed by atoms with Gasteiger partial charge in [0.1, 0.15) is 0 Å². The minimum absolute atomic E-state index is 1.10. The van der Waals surface area contributed by atoms with Gasteiger partial charge in [-0.05, 0) is 42.4 Å². The van der Waals surface area contributed by atoms with Crippen LogP contribution in [0.4, 0.5) is 11.4 Å². The van der Waals surface area contributed by atoms with Gasteiger partial charge in [-0.3, -0.25) is 11.3 Å². The van der Waals surface area contributed by atoms with Gasteiger partial charge >= 0.3 is 0 Å². The van der Waals surface area contributed by atoms with E-state index in [4.69, 9.17) is 0 Å². The minimum atomic E-state index is 1.10. The monoisotopic (exact) mass is 291 g/mol. The van der Waals surface area contributed by atoms with Gasteiger partial charge in [0.25, 0.3) is 0 Å². The van der Waals surface area contributed by atoms with Crippen molar-refractivity contribution in [1.29, 1.82) is 0 Å². The molecule has 0 atom stereocenters. The zero-order valence-corrected chi connectivity index (χ0v) is 12.7. The molecule has 0 radical (unpaired) electrons. The Balaban J connectivity index is 0.000000545. The summed E-state index contributed by atoms with van der Waals surface area (Å²) in [5, 5.41) is 3.41. The molecule has 0 saturated heterocycles. The Labute approximate surface area is 131 Å². The summed E-state index contributed by atoms with van der Waals surface area (Å²) in [5.74, 6) is 4.60. The summed E-state index contributed by atoms with van der Waals surface area (Å²) in [6.45, 7) is 0. The molecule has 0 heterocycles. The van der Waals surface area contributed by atoms with Crippen molar-refractivity contribution in [3.8, 4) is 11.1 Å². The number of rotatable bonds is 3. The van der Waals surface area contributed by atoms with Crippen LogP contribution in [-0.4, -0.2) is 7.05 Å². The Morgan fingerprint density at radius 2 is 1.14 bits per heavy atom. The summed E-state index contributed by atoms with van der Waals surface area (Å²) < 4.78 is 0. The Morgan fingerprint density at radius 3 is 1.77 bits per heavy atom. The Bertz CT molecular complexity index is 667. The smallest absolute Gasteiger partial charge is 0.0390 e. The second-order valence-electron chi connectivity index (χ2n) is 4.73. The molecule has 0 saturated carbocycles. The Hall–Kier alpha value is -2.62. The number of hydrogen-bond donors (Lipinski definition) is 3. The van der Waals surface area contributed by atoms with E-state index in [-0.39, 0.29) is 0 Å². The van der Waals surface area contributed by atoms with Gasteiger partial charge in [0.15, 0.2) is 0 Å². The van der Waals surface area contributed by atoms with Gasteiger partial charge in [0.05, 0.1) is 0 Å². The topological polar surface area (TPSA) is 50.1 Å². The van der Waals surface area contributed by atoms with E-state index in [2.05, 4.69) is 77.2 Å². The molecule has 112 valence electrons. The number of anilines is 2. The van der Waals surface area contributed by atoms with Crippen molar-refractivity contribution >= 4 is 11.4 Å². The molecule has 22 heavy (non-hydrogen) atoms. The van der Waals surface area contributed by atoms with Gasteiger partial charge in [-0.2, -0.15) is 0 Å². The lowest BCUT2D eigenvalue weighted by atomic mass is 10.1. The molecule has 0 spiro atoms. The van der Waals surface area contributed by atoms with E-state index in [0.717, 1.165) is 11.4 Å². The lowest BCUT2D eigenvalue weighted by Crippen LogP contribution is -2.13. The highest BCUT2D eigenvalue weighted by molar-refractivity contribution is 5.70. The third-order valence-corrected chi connectivity index (χ3v) is 3.03. The van der Waals surface area contributed by atoms with Crippen LogP contribution in [0.25, 0.3) is 11.1 Å². The van der Waals surface area contributed by atoms with Gasteiger partial charge in [0.2, 0.25) is 0 Å². The largest absolute Gasteiger partial charge is 0.356 e. The Kier molecular flexibility index (Phi) is 6.18. The zero-order chi connectivity index (χ0) is 15.6. The van der Waals surface area contributed by atoms with Crippen LogP contribution in [0.2, 0.25) is 0 Å². The van der Waals surface area contributed by atoms with Crippen LogP contribution in [0, 0.1) is 0 Å². The predicted molar refractivity (Wildman–Crippen MR) is 94.8 cm³/mol. The number of nitrogens with two attached hydrogens (primary N) is 1. The van der Waals surface area contributed by atoms with Gasteiger partial charge < -0.3 is 5.32 Å². The van der Waals surface area contributed by atoms with Gasteiger partial charge in [-0.25, -0.2) is 0 Å². The maximum absolute atomic E-state index is 4.60. The quantitative estimate of drug-likeness (QED) is 0.501. The molecule has 3 aromatic rings. The van der Waals surface area contributed by atoms with E-state index in [1.54, 1.807) is 7.05 Å². The zero-order valence-electron chi connectivity index (χ0n) is 12.7. The molecule has 0 unspecified atom stereocenters. The maximum Gasteiger partial charge on any atom is 0.0390 e. The second-order valence-corrected chi connectivity index (χ2v) is 4.73. The summed E-state index contributed by atoms with van der Waals surface area (Å²) >= 11 is 0. The average Bonchev–Trinajstić information content (AvgIpc) is 2.58. The second kappa shape index (κ2) is 8.62. The average molecular weight is 291 g/mol. The number of benzene rings is 3. The minimum Gasteiger partial charge on any atom is -0.356 e. The van der Waals surface area contributed by atoms with Crippen LogP contribution in [0.3, 0.4) is 0 Å². The SMILES string of the molecule is CNN.c1ccc(Nc2cccc(-c3ccccc3)c2)cc1. The molecule has 0 aliphatic carbocycles. The van der Waals surface area contributed by atoms with E-state index in [1.807, 2.05) is 24.3 Å². The molecular formula is C19H21N3. The first-order chi connectivity index (χ1) is 10.8. The highest BCUT2D eigenvalue weighted by atomic mass is 15.2. The Morgan fingerprint density at radius 1 is 0.636 bits per heavy atom. The van der Waals surface area contributed by atoms with E-state index in [0.29, 0.717) is 0 Å². The van der Waals surface area contributed by atoms with Crippen molar-refractivity contribution in [2.24, 2.45) is 5.84 Å². The van der Waals surface area contributed by atoms with Gasteiger partial charge in [0, 0.05) is 11.4 Å². The molecule has 3 nitrogen and oxygen atoms in total. The summed E-state index contributed by atoms with van der Waals surface area (Å²) in [7, 11) is 1.65. The van der Waals surface area contributed by atoms with Gasteiger partial charge in [-0.1, -0.05) is 60.7 Å². The van der Waals surface area contributed by atoms with Crippen molar-refractivity contribution in [2.45, 2.75) is 0 Å². The summed E-state index contributed by atoms with van der Waals surface area (Å²) in [6.07, 6.45) is 0. The number of nitrogens with one attached hydrogen (secondary N) is 2. The molecular weight excluding hydrogens is 270 g/mol. The van der Waals surface area contributed by atoms with Crippen LogP contribution in [0.1, 0.15) is 0 Å². The number of hydrogen-bond acceptors (Lipinski definition) is 3. The molecule has 0 aliphatic rings. The van der Waals surface area contributed by atoms with Crippen molar-refractivity contribution in [2.75, 3.05) is 12.4 Å². The molecule has 3 rings (SSSR count). The van der Waals surface area contributed by atoms with Gasteiger partial charge in [-0.15, -0.1) is 0 Å². The summed E-state index contributed by atoms with van der Waals surface area (Å²) in [6, 6.07) is 29.1. The lowest BCUT2D eigenvalue weighted by Gasteiger charge is -2.08. The molecule has 3 aromatic carbocycles. The van der Waals surface area contributed by atoms with E-state index >= 15 is 0 Å². The van der Waals surface area contributed by atoms with E-state index in [9.17, 15) is 0 Å². The number of hydrazine groups is 1. The number of para-hydroxylation sites is 1. The molecule has 0 aliphatic heterocycles. The predicted octanol–water partition coefficient (Wildman–Crippen LogP) is 4.18. The van der Waals surface area contributed by atoms with Crippen LogP contribution >= 0.6 is 0 Å². The van der Waals surface area contributed by atoms with E-state index < -0.39 is 0 Å². The molecule has 4 N–H and O–H groups in total. The highest BCUT2D eigenvalue weighted by Crippen LogP contribution is 2.24. The standard InChI is InChI=1S/C18H15N.CH6N2/c1-3-8-15(9-4-1)16-10-7-13-18(14-16)19-17-11-5-2-6-12-17;1-3-2/h1-14,19H;3H,2H2,1H3. The first kappa shape index (κ1) is 15.8. The molecule has 0 bridgehead atoms. The molecule has 3 heteroatoms. The fourth-order valence-electron chi connectivity index (χ4n) is 2.10. The van der Waals surface area contributed by atoms with Crippen molar-refractivity contribution in [3.05, 3.63) is 84.9 Å². The van der Waals surface area contributed by atoms with E-state index in [1.165, 1.54) is 11.1 Å². The molecule has 0 fully saturated rings. The maximum atomic E-state index is 4.60. The lowest BCUT2D eigenvalue weighted by molar-refractivity contribution is 0.900. The third-order valence-electron chi connectivity index (χ3n) is 3.03. The molecule has 0 amide bonds. The van der Waals surface area contributed by atoms with Crippen molar-refractivity contribution in [3.63, 3.8) is 0 Å². The normalized spacial score (nSPS) is 9.55. The highest BCUT2D eigenvalue weighted by Gasteiger charge is 1.98. The van der Waals surface area contributed by atoms with Crippen LogP contribution in [0.5, 0.6) is 0 Å². The summed E-state index contributed by atoms with van der Waals surface area (Å²) in [5.41, 5.74) is 6.92. The first-order valence-electron chi connectivity index (χ1n) is 7.18.